The predicted molar refractivity (Wildman–Crippen MR) is 53.9 cm³/mol. The molecular formula is C11H19NO2. The van der Waals surface area contributed by atoms with Crippen LogP contribution in [0.15, 0.2) is 0 Å². The Morgan fingerprint density at radius 3 is 3.14 bits per heavy atom. The molecule has 3 nitrogen and oxygen atoms in total. The molecule has 2 rings (SSSR count). The normalized spacial score (nSPS) is 35.6. The Balaban J connectivity index is 1.82. The molecule has 3 unspecified atom stereocenters. The van der Waals surface area contributed by atoms with Gasteiger partial charge in [0.2, 0.25) is 0 Å². The van der Waals surface area contributed by atoms with Gasteiger partial charge in [-0.05, 0) is 44.6 Å². The maximum atomic E-state index is 11.3. The van der Waals surface area contributed by atoms with Gasteiger partial charge in [0.25, 0.3) is 0 Å². The molecule has 80 valence electrons. The van der Waals surface area contributed by atoms with E-state index in [0.717, 1.165) is 18.5 Å². The summed E-state index contributed by atoms with van der Waals surface area (Å²) in [7, 11) is 0. The Kier molecular flexibility index (Phi) is 3.06. The van der Waals surface area contributed by atoms with E-state index >= 15 is 0 Å². The number of carbonyl (C=O) groups excluding carboxylic acids is 1. The van der Waals surface area contributed by atoms with Gasteiger partial charge in [-0.3, -0.25) is 4.79 Å². The van der Waals surface area contributed by atoms with Crippen LogP contribution in [0.2, 0.25) is 0 Å². The first kappa shape index (κ1) is 9.97. The van der Waals surface area contributed by atoms with Crippen LogP contribution < -0.4 is 5.32 Å². The molecule has 1 saturated carbocycles. The summed E-state index contributed by atoms with van der Waals surface area (Å²) in [5, 5.41) is 3.50. The lowest BCUT2D eigenvalue weighted by Gasteiger charge is -2.26. The highest BCUT2D eigenvalue weighted by Gasteiger charge is 2.36. The zero-order chi connectivity index (χ0) is 9.97. The summed E-state index contributed by atoms with van der Waals surface area (Å²) in [6.45, 7) is 3.48. The Morgan fingerprint density at radius 2 is 2.36 bits per heavy atom. The molecule has 1 saturated heterocycles. The van der Waals surface area contributed by atoms with Crippen molar-refractivity contribution in [1.82, 2.24) is 5.32 Å². The van der Waals surface area contributed by atoms with Crippen molar-refractivity contribution in [3.05, 3.63) is 0 Å². The second kappa shape index (κ2) is 4.30. The van der Waals surface area contributed by atoms with Crippen LogP contribution in [0, 0.1) is 11.8 Å². The second-order valence-corrected chi connectivity index (χ2v) is 4.45. The van der Waals surface area contributed by atoms with Crippen LogP contribution in [-0.2, 0) is 9.53 Å². The van der Waals surface area contributed by atoms with Gasteiger partial charge in [-0.1, -0.05) is 0 Å². The van der Waals surface area contributed by atoms with Crippen molar-refractivity contribution in [3.63, 3.8) is 0 Å². The van der Waals surface area contributed by atoms with E-state index in [1.54, 1.807) is 0 Å². The summed E-state index contributed by atoms with van der Waals surface area (Å²) in [6, 6.07) is 0.735. The van der Waals surface area contributed by atoms with Crippen molar-refractivity contribution in [2.45, 2.75) is 38.6 Å². The number of fused-ring (bicyclic) bond motifs is 2. The maximum absolute atomic E-state index is 11.3. The van der Waals surface area contributed by atoms with Gasteiger partial charge in [0, 0.05) is 12.5 Å². The highest BCUT2D eigenvalue weighted by atomic mass is 16.5. The molecule has 3 atom stereocenters. The zero-order valence-corrected chi connectivity index (χ0v) is 8.79. The average Bonchev–Trinajstić information content (AvgIpc) is 2.54. The van der Waals surface area contributed by atoms with E-state index in [0.29, 0.717) is 18.9 Å². The van der Waals surface area contributed by atoms with Gasteiger partial charge < -0.3 is 10.1 Å². The topological polar surface area (TPSA) is 38.3 Å². The number of esters is 1. The molecule has 1 aliphatic carbocycles. The van der Waals surface area contributed by atoms with E-state index in [1.165, 1.54) is 19.3 Å². The SMILES string of the molecule is CCOC(=O)CC1CCC2CC1CN2. The molecule has 1 aliphatic heterocycles. The third kappa shape index (κ3) is 2.08. The minimum absolute atomic E-state index is 0.0112. The average molecular weight is 197 g/mol. The van der Waals surface area contributed by atoms with Gasteiger partial charge in [-0.25, -0.2) is 0 Å². The van der Waals surface area contributed by atoms with Gasteiger partial charge in [0.05, 0.1) is 6.61 Å². The highest BCUT2D eigenvalue weighted by Crippen LogP contribution is 2.36. The summed E-state index contributed by atoms with van der Waals surface area (Å²) in [6.07, 6.45) is 4.33. The van der Waals surface area contributed by atoms with Crippen LogP contribution in [0.3, 0.4) is 0 Å². The molecule has 2 bridgehead atoms. The first-order valence-electron chi connectivity index (χ1n) is 5.68. The molecule has 0 amide bonds. The summed E-state index contributed by atoms with van der Waals surface area (Å²) >= 11 is 0. The molecule has 2 fully saturated rings. The van der Waals surface area contributed by atoms with Crippen molar-refractivity contribution in [2.24, 2.45) is 11.8 Å². The predicted octanol–water partition coefficient (Wildman–Crippen LogP) is 1.33. The number of carbonyl (C=O) groups is 1. The van der Waals surface area contributed by atoms with Crippen molar-refractivity contribution < 1.29 is 9.53 Å². The highest BCUT2D eigenvalue weighted by molar-refractivity contribution is 5.69. The molecule has 0 aromatic carbocycles. The smallest absolute Gasteiger partial charge is 0.306 e. The quantitative estimate of drug-likeness (QED) is 0.694. The molecular weight excluding hydrogens is 178 g/mol. The van der Waals surface area contributed by atoms with Crippen molar-refractivity contribution in [3.8, 4) is 0 Å². The monoisotopic (exact) mass is 197 g/mol. The lowest BCUT2D eigenvalue weighted by atomic mass is 9.78. The zero-order valence-electron chi connectivity index (χ0n) is 8.79. The number of hydrogen-bond acceptors (Lipinski definition) is 3. The van der Waals surface area contributed by atoms with E-state index in [1.807, 2.05) is 6.92 Å². The van der Waals surface area contributed by atoms with Gasteiger partial charge >= 0.3 is 5.97 Å². The summed E-state index contributed by atoms with van der Waals surface area (Å²) in [5.74, 6) is 1.28. The minimum Gasteiger partial charge on any atom is -0.466 e. The molecule has 0 radical (unpaired) electrons. The molecule has 14 heavy (non-hydrogen) atoms. The lowest BCUT2D eigenvalue weighted by Crippen LogP contribution is -2.25. The largest absolute Gasteiger partial charge is 0.466 e. The lowest BCUT2D eigenvalue weighted by molar-refractivity contribution is -0.144. The fourth-order valence-electron chi connectivity index (χ4n) is 2.78. The van der Waals surface area contributed by atoms with Gasteiger partial charge in [0.1, 0.15) is 0 Å². The van der Waals surface area contributed by atoms with Crippen LogP contribution in [0.1, 0.15) is 32.6 Å². The van der Waals surface area contributed by atoms with Crippen molar-refractivity contribution in [1.29, 1.82) is 0 Å². The fourth-order valence-corrected chi connectivity index (χ4v) is 2.78. The Morgan fingerprint density at radius 1 is 1.50 bits per heavy atom. The first-order chi connectivity index (χ1) is 6.79. The summed E-state index contributed by atoms with van der Waals surface area (Å²) in [4.78, 5) is 11.3. The number of ether oxygens (including phenoxy) is 1. The second-order valence-electron chi connectivity index (χ2n) is 4.45. The molecule has 0 spiro atoms. The Labute approximate surface area is 85.2 Å². The van der Waals surface area contributed by atoms with E-state index in [2.05, 4.69) is 5.32 Å². The standard InChI is InChI=1S/C11H19NO2/c1-2-14-11(13)6-8-3-4-10-5-9(8)7-12-10/h8-10,12H,2-7H2,1H3. The van der Waals surface area contributed by atoms with Crippen LogP contribution >= 0.6 is 0 Å². The Hall–Kier alpha value is -0.570. The van der Waals surface area contributed by atoms with Crippen LogP contribution in [0.25, 0.3) is 0 Å². The van der Waals surface area contributed by atoms with E-state index in [4.69, 9.17) is 4.74 Å². The summed E-state index contributed by atoms with van der Waals surface area (Å²) < 4.78 is 4.99. The van der Waals surface area contributed by atoms with Gasteiger partial charge in [-0.15, -0.1) is 0 Å². The number of nitrogens with one attached hydrogen (secondary N) is 1. The van der Waals surface area contributed by atoms with E-state index in [-0.39, 0.29) is 5.97 Å². The van der Waals surface area contributed by atoms with Crippen molar-refractivity contribution in [2.75, 3.05) is 13.2 Å². The first-order valence-corrected chi connectivity index (χ1v) is 5.68. The molecule has 0 aromatic rings. The Bertz CT molecular complexity index is 217. The fraction of sp³-hybridized carbons (Fsp3) is 0.909. The van der Waals surface area contributed by atoms with Crippen LogP contribution in [-0.4, -0.2) is 25.2 Å². The minimum atomic E-state index is -0.0112. The van der Waals surface area contributed by atoms with Crippen molar-refractivity contribution >= 4 is 5.97 Å². The molecule has 2 aliphatic rings. The summed E-state index contributed by atoms with van der Waals surface area (Å²) in [5.41, 5.74) is 0. The van der Waals surface area contributed by atoms with E-state index < -0.39 is 0 Å². The third-order valence-electron chi connectivity index (χ3n) is 3.54. The molecule has 0 aromatic heterocycles. The van der Waals surface area contributed by atoms with Crippen LogP contribution in [0.5, 0.6) is 0 Å². The van der Waals surface area contributed by atoms with E-state index in [9.17, 15) is 4.79 Å². The maximum Gasteiger partial charge on any atom is 0.306 e. The van der Waals surface area contributed by atoms with Gasteiger partial charge in [0.15, 0.2) is 0 Å². The third-order valence-corrected chi connectivity index (χ3v) is 3.54. The van der Waals surface area contributed by atoms with Crippen LogP contribution in [0.4, 0.5) is 0 Å². The molecule has 1 heterocycles. The number of hydrogen-bond donors (Lipinski definition) is 1. The molecule has 1 N–H and O–H groups in total. The number of rotatable bonds is 3. The molecule has 3 heteroatoms. The van der Waals surface area contributed by atoms with Gasteiger partial charge in [-0.2, -0.15) is 0 Å².